The molecule has 0 heterocycles. The average Bonchev–Trinajstić information content (AvgIpc) is 2.67. The summed E-state index contributed by atoms with van der Waals surface area (Å²) in [5.41, 5.74) is 1.31. The number of ether oxygens (including phenoxy) is 1. The van der Waals surface area contributed by atoms with E-state index in [4.69, 9.17) is 39.5 Å². The van der Waals surface area contributed by atoms with Gasteiger partial charge in [0.2, 0.25) is 15.9 Å². The quantitative estimate of drug-likeness (QED) is 0.389. The third-order valence-electron chi connectivity index (χ3n) is 4.10. The van der Waals surface area contributed by atoms with Crippen molar-refractivity contribution in [2.45, 2.75) is 19.8 Å². The molecule has 0 radical (unpaired) electrons. The maximum Gasteiger partial charge on any atom is 0.240 e. The van der Waals surface area contributed by atoms with Crippen LogP contribution in [0.3, 0.4) is 0 Å². The van der Waals surface area contributed by atoms with Gasteiger partial charge in [0.05, 0.1) is 33.6 Å². The highest BCUT2D eigenvalue weighted by Gasteiger charge is 2.24. The molecule has 0 aliphatic heterocycles. The second-order valence-electron chi connectivity index (χ2n) is 6.58. The van der Waals surface area contributed by atoms with Gasteiger partial charge in [0.15, 0.2) is 0 Å². The Labute approximate surface area is 192 Å². The van der Waals surface area contributed by atoms with Gasteiger partial charge in [-0.3, -0.25) is 9.10 Å². The van der Waals surface area contributed by atoms with Crippen molar-refractivity contribution in [1.29, 1.82) is 0 Å². The molecule has 0 saturated heterocycles. The fourth-order valence-electron chi connectivity index (χ4n) is 2.67. The molecule has 0 saturated carbocycles. The van der Waals surface area contributed by atoms with Crippen LogP contribution in [0, 0.1) is 0 Å². The molecule has 0 fully saturated rings. The van der Waals surface area contributed by atoms with Crippen molar-refractivity contribution in [1.82, 2.24) is 5.32 Å². The Bertz CT molecular complexity index is 982. The first-order chi connectivity index (χ1) is 14.1. The SMILES string of the molecule is CCCc1ccc(OCCNC(=O)CN(c2cc(Cl)c(Cl)cc2Cl)S(C)(=O)=O)cc1. The highest BCUT2D eigenvalue weighted by atomic mass is 35.5. The molecular formula is C20H23Cl3N2O4S. The van der Waals surface area contributed by atoms with Crippen LogP contribution in [-0.4, -0.2) is 40.3 Å². The van der Waals surface area contributed by atoms with Crippen LogP contribution in [0.15, 0.2) is 36.4 Å². The summed E-state index contributed by atoms with van der Waals surface area (Å²) in [4.78, 5) is 12.3. The number of carbonyl (C=O) groups excluding carboxylic acids is 1. The number of amides is 1. The number of nitrogens with zero attached hydrogens (tertiary/aromatic N) is 1. The molecule has 1 amide bonds. The first kappa shape index (κ1) is 24.6. The number of hydrogen-bond acceptors (Lipinski definition) is 4. The van der Waals surface area contributed by atoms with Crippen molar-refractivity contribution in [2.75, 3.05) is 30.3 Å². The van der Waals surface area contributed by atoms with E-state index in [1.165, 1.54) is 17.7 Å². The molecular weight excluding hydrogens is 471 g/mol. The van der Waals surface area contributed by atoms with E-state index in [-0.39, 0.29) is 33.9 Å². The van der Waals surface area contributed by atoms with E-state index in [2.05, 4.69) is 12.2 Å². The van der Waals surface area contributed by atoms with Crippen molar-refractivity contribution < 1.29 is 17.9 Å². The van der Waals surface area contributed by atoms with Crippen LogP contribution in [0.4, 0.5) is 5.69 Å². The molecule has 0 aromatic heterocycles. The smallest absolute Gasteiger partial charge is 0.240 e. The number of nitrogens with one attached hydrogen (secondary N) is 1. The monoisotopic (exact) mass is 492 g/mol. The van der Waals surface area contributed by atoms with Gasteiger partial charge in [-0.25, -0.2) is 8.42 Å². The predicted octanol–water partition coefficient (Wildman–Crippen LogP) is 4.56. The Kier molecular flexibility index (Phi) is 9.09. The molecule has 2 rings (SSSR count). The molecule has 0 aliphatic carbocycles. The summed E-state index contributed by atoms with van der Waals surface area (Å²) in [6.07, 6.45) is 3.06. The summed E-state index contributed by atoms with van der Waals surface area (Å²) in [7, 11) is -3.79. The van der Waals surface area contributed by atoms with Crippen molar-refractivity contribution >= 4 is 56.4 Å². The molecule has 0 spiro atoms. The third kappa shape index (κ3) is 7.23. The van der Waals surface area contributed by atoms with Gasteiger partial charge in [-0.1, -0.05) is 60.3 Å². The van der Waals surface area contributed by atoms with Gasteiger partial charge in [-0.2, -0.15) is 0 Å². The Balaban J connectivity index is 1.93. The van der Waals surface area contributed by atoms with Crippen molar-refractivity contribution in [2.24, 2.45) is 0 Å². The van der Waals surface area contributed by atoms with E-state index in [0.29, 0.717) is 5.75 Å². The van der Waals surface area contributed by atoms with Gasteiger partial charge < -0.3 is 10.1 Å². The van der Waals surface area contributed by atoms with Crippen LogP contribution in [0.5, 0.6) is 5.75 Å². The molecule has 6 nitrogen and oxygen atoms in total. The van der Waals surface area contributed by atoms with Crippen LogP contribution < -0.4 is 14.4 Å². The Morgan fingerprint density at radius 3 is 2.30 bits per heavy atom. The zero-order valence-corrected chi connectivity index (χ0v) is 19.7. The number of rotatable bonds is 10. The molecule has 2 aromatic rings. The summed E-state index contributed by atoms with van der Waals surface area (Å²) in [6.45, 7) is 2.11. The number of hydrogen-bond donors (Lipinski definition) is 1. The Morgan fingerprint density at radius 1 is 1.07 bits per heavy atom. The second-order valence-corrected chi connectivity index (χ2v) is 9.71. The van der Waals surface area contributed by atoms with Crippen LogP contribution in [-0.2, 0) is 21.2 Å². The minimum absolute atomic E-state index is 0.0671. The first-order valence-corrected chi connectivity index (χ1v) is 12.2. The van der Waals surface area contributed by atoms with E-state index < -0.39 is 22.5 Å². The molecule has 10 heteroatoms. The van der Waals surface area contributed by atoms with Gasteiger partial charge >= 0.3 is 0 Å². The average molecular weight is 494 g/mol. The number of halogens is 3. The van der Waals surface area contributed by atoms with Crippen molar-refractivity contribution in [3.8, 4) is 5.75 Å². The lowest BCUT2D eigenvalue weighted by Crippen LogP contribution is -2.41. The van der Waals surface area contributed by atoms with Crippen LogP contribution in [0.1, 0.15) is 18.9 Å². The normalized spacial score (nSPS) is 11.2. The summed E-state index contributed by atoms with van der Waals surface area (Å²) >= 11 is 18.0. The fraction of sp³-hybridized carbons (Fsp3) is 0.350. The lowest BCUT2D eigenvalue weighted by molar-refractivity contribution is -0.119. The summed E-state index contributed by atoms with van der Waals surface area (Å²) < 4.78 is 30.9. The maximum absolute atomic E-state index is 12.3. The number of anilines is 1. The van der Waals surface area contributed by atoms with Gasteiger partial charge in [0.1, 0.15) is 18.9 Å². The standard InChI is InChI=1S/C20H23Cl3N2O4S/c1-3-4-14-5-7-15(8-6-14)29-10-9-24-20(26)13-25(30(2,27)28)19-12-17(22)16(21)11-18(19)23/h5-8,11-12H,3-4,9-10,13H2,1-2H3,(H,24,26). The summed E-state index contributed by atoms with van der Waals surface area (Å²) in [5, 5.41) is 3.01. The second kappa shape index (κ2) is 11.1. The number of sulfonamides is 1. The van der Waals surface area contributed by atoms with E-state index in [1.807, 2.05) is 24.3 Å². The Hall–Kier alpha value is -1.67. The van der Waals surface area contributed by atoms with E-state index in [0.717, 1.165) is 23.4 Å². The summed E-state index contributed by atoms with van der Waals surface area (Å²) in [6, 6.07) is 10.4. The largest absolute Gasteiger partial charge is 0.492 e. The van der Waals surface area contributed by atoms with Crippen molar-refractivity contribution in [3.05, 3.63) is 57.0 Å². The zero-order chi connectivity index (χ0) is 22.3. The highest BCUT2D eigenvalue weighted by Crippen LogP contribution is 2.35. The number of benzene rings is 2. The maximum atomic E-state index is 12.3. The summed E-state index contributed by atoms with van der Waals surface area (Å²) in [5.74, 6) is 0.189. The van der Waals surface area contributed by atoms with Crippen LogP contribution in [0.2, 0.25) is 15.1 Å². The molecule has 30 heavy (non-hydrogen) atoms. The molecule has 0 bridgehead atoms. The van der Waals surface area contributed by atoms with Gasteiger partial charge in [-0.05, 0) is 36.2 Å². The van der Waals surface area contributed by atoms with E-state index in [1.54, 1.807) is 0 Å². The van der Waals surface area contributed by atoms with Gasteiger partial charge in [0, 0.05) is 0 Å². The molecule has 164 valence electrons. The molecule has 1 N–H and O–H groups in total. The molecule has 0 atom stereocenters. The van der Waals surface area contributed by atoms with Crippen molar-refractivity contribution in [3.63, 3.8) is 0 Å². The van der Waals surface area contributed by atoms with Gasteiger partial charge in [0.25, 0.3) is 0 Å². The topological polar surface area (TPSA) is 75.7 Å². The third-order valence-corrected chi connectivity index (χ3v) is 6.25. The minimum atomic E-state index is -3.79. The fourth-order valence-corrected chi connectivity index (χ4v) is 4.22. The van der Waals surface area contributed by atoms with Crippen LogP contribution in [0.25, 0.3) is 0 Å². The molecule has 0 unspecified atom stereocenters. The van der Waals surface area contributed by atoms with Gasteiger partial charge in [-0.15, -0.1) is 0 Å². The first-order valence-electron chi connectivity index (χ1n) is 9.22. The van der Waals surface area contributed by atoms with Crippen LogP contribution >= 0.6 is 34.8 Å². The molecule has 2 aromatic carbocycles. The Morgan fingerprint density at radius 2 is 1.70 bits per heavy atom. The van der Waals surface area contributed by atoms with E-state index >= 15 is 0 Å². The lowest BCUT2D eigenvalue weighted by atomic mass is 10.1. The van der Waals surface area contributed by atoms with E-state index in [9.17, 15) is 13.2 Å². The number of carbonyl (C=O) groups is 1. The minimum Gasteiger partial charge on any atom is -0.492 e. The lowest BCUT2D eigenvalue weighted by Gasteiger charge is -2.23. The molecule has 0 aliphatic rings. The highest BCUT2D eigenvalue weighted by molar-refractivity contribution is 7.92. The zero-order valence-electron chi connectivity index (χ0n) is 16.6. The number of aryl methyl sites for hydroxylation is 1. The predicted molar refractivity (Wildman–Crippen MR) is 123 cm³/mol.